The molecule has 88 valence electrons. The molecule has 1 aromatic rings. The Morgan fingerprint density at radius 1 is 1.31 bits per heavy atom. The second kappa shape index (κ2) is 5.80. The lowest BCUT2D eigenvalue weighted by Crippen LogP contribution is -2.34. The molecule has 0 radical (unpaired) electrons. The summed E-state index contributed by atoms with van der Waals surface area (Å²) in [5.41, 5.74) is 0.896. The largest absolute Gasteiger partial charge is 0.341 e. The minimum atomic E-state index is -0.107. The third kappa shape index (κ3) is 3.45. The zero-order valence-electron chi connectivity index (χ0n) is 10.2. The van der Waals surface area contributed by atoms with Crippen LogP contribution in [0.2, 0.25) is 0 Å². The first-order valence-corrected chi connectivity index (χ1v) is 6.14. The number of thioether (sulfide) groups is 1. The summed E-state index contributed by atoms with van der Waals surface area (Å²) in [6.07, 6.45) is 0. The quantitative estimate of drug-likeness (QED) is 0.821. The van der Waals surface area contributed by atoms with E-state index in [1.807, 2.05) is 36.0 Å². The Kier molecular flexibility index (Phi) is 4.68. The van der Waals surface area contributed by atoms with Crippen LogP contribution in [0.1, 0.15) is 13.8 Å². The Balaban J connectivity index is 2.74. The molecule has 0 aliphatic carbocycles. The highest BCUT2D eigenvalue weighted by Crippen LogP contribution is 2.25. The molecule has 0 saturated carbocycles. The van der Waals surface area contributed by atoms with E-state index < -0.39 is 0 Å². The third-order valence-corrected chi connectivity index (χ3v) is 3.13. The van der Waals surface area contributed by atoms with E-state index in [1.165, 1.54) is 4.90 Å². The van der Waals surface area contributed by atoms with Crippen LogP contribution in [0.15, 0.2) is 29.2 Å². The summed E-state index contributed by atoms with van der Waals surface area (Å²) >= 11 is 1.81. The zero-order valence-corrected chi connectivity index (χ0v) is 11.0. The fraction of sp³-hybridized carbons (Fsp3) is 0.417. The van der Waals surface area contributed by atoms with Crippen molar-refractivity contribution in [3.8, 4) is 0 Å². The van der Waals surface area contributed by atoms with Gasteiger partial charge in [-0.15, -0.1) is 11.8 Å². The van der Waals surface area contributed by atoms with Crippen LogP contribution in [0, 0.1) is 0 Å². The van der Waals surface area contributed by atoms with E-state index in [0.717, 1.165) is 5.69 Å². The Morgan fingerprint density at radius 3 is 2.31 bits per heavy atom. The molecule has 0 unspecified atom stereocenters. The van der Waals surface area contributed by atoms with Crippen molar-refractivity contribution in [3.63, 3.8) is 0 Å². The Bertz CT molecular complexity index is 349. The Labute approximate surface area is 101 Å². The van der Waals surface area contributed by atoms with Gasteiger partial charge >= 0.3 is 6.03 Å². The van der Waals surface area contributed by atoms with Gasteiger partial charge in [-0.1, -0.05) is 13.8 Å². The van der Waals surface area contributed by atoms with E-state index in [-0.39, 0.29) is 6.03 Å². The van der Waals surface area contributed by atoms with Gasteiger partial charge in [-0.3, -0.25) is 4.90 Å². The summed E-state index contributed by atoms with van der Waals surface area (Å²) in [4.78, 5) is 14.2. The standard InChI is InChI=1S/C12H18N2OS/c1-9(2)16-11-7-5-10(6-8-11)14(4)12(15)13-3/h5-9H,1-4H3,(H,13,15). The molecule has 0 saturated heterocycles. The number of carbonyl (C=O) groups is 1. The predicted octanol–water partition coefficient (Wildman–Crippen LogP) is 2.96. The summed E-state index contributed by atoms with van der Waals surface area (Å²) in [7, 11) is 3.38. The van der Waals surface area contributed by atoms with Crippen LogP contribution in [0.4, 0.5) is 10.5 Å². The van der Waals surface area contributed by atoms with Crippen LogP contribution in [0.25, 0.3) is 0 Å². The maximum Gasteiger partial charge on any atom is 0.321 e. The number of nitrogens with zero attached hydrogens (tertiary/aromatic N) is 1. The maximum absolute atomic E-state index is 11.4. The highest BCUT2D eigenvalue weighted by atomic mass is 32.2. The Morgan fingerprint density at radius 2 is 1.88 bits per heavy atom. The molecule has 0 fully saturated rings. The van der Waals surface area contributed by atoms with Crippen molar-refractivity contribution in [2.45, 2.75) is 24.0 Å². The molecule has 0 heterocycles. The fourth-order valence-corrected chi connectivity index (χ4v) is 2.14. The average Bonchev–Trinajstić information content (AvgIpc) is 2.27. The summed E-state index contributed by atoms with van der Waals surface area (Å²) < 4.78 is 0. The van der Waals surface area contributed by atoms with Gasteiger partial charge in [0.1, 0.15) is 0 Å². The van der Waals surface area contributed by atoms with Crippen molar-refractivity contribution in [3.05, 3.63) is 24.3 Å². The van der Waals surface area contributed by atoms with E-state index in [9.17, 15) is 4.79 Å². The van der Waals surface area contributed by atoms with Crippen molar-refractivity contribution in [1.29, 1.82) is 0 Å². The molecule has 4 heteroatoms. The van der Waals surface area contributed by atoms with Crippen molar-refractivity contribution >= 4 is 23.5 Å². The molecule has 0 bridgehead atoms. The van der Waals surface area contributed by atoms with Gasteiger partial charge in [0.05, 0.1) is 0 Å². The number of amides is 2. The number of hydrogen-bond donors (Lipinski definition) is 1. The number of rotatable bonds is 3. The van der Waals surface area contributed by atoms with E-state index in [1.54, 1.807) is 19.0 Å². The molecule has 0 atom stereocenters. The van der Waals surface area contributed by atoms with Crippen molar-refractivity contribution in [1.82, 2.24) is 5.32 Å². The molecule has 0 aromatic heterocycles. The van der Waals surface area contributed by atoms with Crippen molar-refractivity contribution in [2.24, 2.45) is 0 Å². The molecule has 1 aromatic carbocycles. The van der Waals surface area contributed by atoms with Gasteiger partial charge in [0.25, 0.3) is 0 Å². The molecule has 2 amide bonds. The van der Waals surface area contributed by atoms with Crippen LogP contribution >= 0.6 is 11.8 Å². The van der Waals surface area contributed by atoms with Gasteiger partial charge in [0.15, 0.2) is 0 Å². The second-order valence-corrected chi connectivity index (χ2v) is 5.42. The number of hydrogen-bond acceptors (Lipinski definition) is 2. The highest BCUT2D eigenvalue weighted by molar-refractivity contribution is 7.99. The number of carbonyl (C=O) groups excluding carboxylic acids is 1. The lowest BCUT2D eigenvalue weighted by molar-refractivity contribution is 0.249. The van der Waals surface area contributed by atoms with Gasteiger partial charge in [-0.05, 0) is 24.3 Å². The SMILES string of the molecule is CNC(=O)N(C)c1ccc(SC(C)C)cc1. The van der Waals surface area contributed by atoms with Crippen LogP contribution in [0.5, 0.6) is 0 Å². The molecule has 0 aliphatic rings. The van der Waals surface area contributed by atoms with E-state index in [4.69, 9.17) is 0 Å². The molecule has 1 rings (SSSR count). The molecule has 1 N–H and O–H groups in total. The van der Waals surface area contributed by atoms with Crippen molar-refractivity contribution in [2.75, 3.05) is 19.0 Å². The first-order chi connectivity index (χ1) is 7.54. The average molecular weight is 238 g/mol. The van der Waals surface area contributed by atoms with Gasteiger partial charge in [0.2, 0.25) is 0 Å². The van der Waals surface area contributed by atoms with Crippen LogP contribution in [-0.2, 0) is 0 Å². The Hall–Kier alpha value is -1.16. The molecule has 3 nitrogen and oxygen atoms in total. The van der Waals surface area contributed by atoms with Crippen LogP contribution in [-0.4, -0.2) is 25.4 Å². The van der Waals surface area contributed by atoms with Gasteiger partial charge in [-0.25, -0.2) is 4.79 Å². The normalized spacial score (nSPS) is 10.3. The number of benzene rings is 1. The third-order valence-electron chi connectivity index (χ3n) is 2.11. The first-order valence-electron chi connectivity index (χ1n) is 5.26. The molecule has 0 spiro atoms. The first kappa shape index (κ1) is 12.9. The topological polar surface area (TPSA) is 32.3 Å². The number of anilines is 1. The molecule has 16 heavy (non-hydrogen) atoms. The van der Waals surface area contributed by atoms with E-state index in [0.29, 0.717) is 5.25 Å². The zero-order chi connectivity index (χ0) is 12.1. The smallest absolute Gasteiger partial charge is 0.321 e. The summed E-state index contributed by atoms with van der Waals surface area (Å²) in [6, 6.07) is 7.89. The summed E-state index contributed by atoms with van der Waals surface area (Å²) in [5, 5.41) is 3.16. The minimum Gasteiger partial charge on any atom is -0.341 e. The second-order valence-electron chi connectivity index (χ2n) is 3.77. The molecule has 0 aliphatic heterocycles. The van der Waals surface area contributed by atoms with Gasteiger partial charge < -0.3 is 5.32 Å². The monoisotopic (exact) mass is 238 g/mol. The van der Waals surface area contributed by atoms with Gasteiger partial charge in [0, 0.05) is 29.9 Å². The van der Waals surface area contributed by atoms with Crippen molar-refractivity contribution < 1.29 is 4.79 Å². The summed E-state index contributed by atoms with van der Waals surface area (Å²) in [6.45, 7) is 4.32. The maximum atomic E-state index is 11.4. The lowest BCUT2D eigenvalue weighted by Gasteiger charge is -2.17. The van der Waals surface area contributed by atoms with Crippen LogP contribution in [0.3, 0.4) is 0 Å². The molecular weight excluding hydrogens is 220 g/mol. The fourth-order valence-electron chi connectivity index (χ4n) is 1.31. The van der Waals surface area contributed by atoms with E-state index in [2.05, 4.69) is 19.2 Å². The number of urea groups is 1. The van der Waals surface area contributed by atoms with E-state index >= 15 is 0 Å². The predicted molar refractivity (Wildman–Crippen MR) is 70.3 cm³/mol. The highest BCUT2D eigenvalue weighted by Gasteiger charge is 2.08. The lowest BCUT2D eigenvalue weighted by atomic mass is 10.3. The van der Waals surface area contributed by atoms with Crippen LogP contribution < -0.4 is 10.2 Å². The summed E-state index contributed by atoms with van der Waals surface area (Å²) in [5.74, 6) is 0. The number of nitrogens with one attached hydrogen (secondary N) is 1. The van der Waals surface area contributed by atoms with Gasteiger partial charge in [-0.2, -0.15) is 0 Å². The molecular formula is C12H18N2OS. The minimum absolute atomic E-state index is 0.107.